The number of nitrogens with zero attached hydrogens (tertiary/aromatic N) is 1. The number of hydrogen-bond donors (Lipinski definition) is 1. The SMILES string of the molecule is O=C(O)c1ccc(-c2ccc([C@@H]3CC34CCN(C(=O)[C@@H]3CCCO3)CC4)cc2)cc1. The molecule has 1 spiro atoms. The predicted octanol–water partition coefficient (Wildman–Crippen LogP) is 4.33. The van der Waals surface area contributed by atoms with Gasteiger partial charge < -0.3 is 14.7 Å². The number of rotatable bonds is 4. The fourth-order valence-corrected chi connectivity index (χ4v) is 5.23. The molecule has 0 unspecified atom stereocenters. The van der Waals surface area contributed by atoms with Gasteiger partial charge in [0.1, 0.15) is 6.10 Å². The van der Waals surface area contributed by atoms with E-state index in [9.17, 15) is 9.59 Å². The van der Waals surface area contributed by atoms with Crippen molar-refractivity contribution in [2.45, 2.75) is 44.1 Å². The maximum Gasteiger partial charge on any atom is 0.335 e. The normalized spacial score (nSPS) is 24.7. The van der Waals surface area contributed by atoms with E-state index in [-0.39, 0.29) is 12.0 Å². The molecule has 5 nitrogen and oxygen atoms in total. The molecule has 5 heteroatoms. The lowest BCUT2D eigenvalue weighted by molar-refractivity contribution is -0.142. The van der Waals surface area contributed by atoms with Crippen LogP contribution in [0.1, 0.15) is 53.9 Å². The number of amides is 1. The Balaban J connectivity index is 1.21. The van der Waals surface area contributed by atoms with Crippen molar-refractivity contribution in [2.24, 2.45) is 5.41 Å². The second-order valence-electron chi connectivity index (χ2n) is 8.95. The maximum absolute atomic E-state index is 12.6. The molecule has 3 aliphatic rings. The Morgan fingerprint density at radius 1 is 0.967 bits per heavy atom. The highest BCUT2D eigenvalue weighted by Crippen LogP contribution is 2.65. The van der Waals surface area contributed by atoms with E-state index in [1.807, 2.05) is 17.0 Å². The number of carbonyl (C=O) groups is 2. The third kappa shape index (κ3) is 3.52. The van der Waals surface area contributed by atoms with Gasteiger partial charge in [0.25, 0.3) is 5.91 Å². The van der Waals surface area contributed by atoms with Gasteiger partial charge in [0.05, 0.1) is 5.56 Å². The van der Waals surface area contributed by atoms with Crippen LogP contribution in [-0.2, 0) is 9.53 Å². The van der Waals surface area contributed by atoms with E-state index >= 15 is 0 Å². The quantitative estimate of drug-likeness (QED) is 0.822. The fourth-order valence-electron chi connectivity index (χ4n) is 5.23. The second kappa shape index (κ2) is 7.55. The Kier molecular flexibility index (Phi) is 4.86. The van der Waals surface area contributed by atoms with E-state index in [4.69, 9.17) is 9.84 Å². The molecule has 156 valence electrons. The van der Waals surface area contributed by atoms with Crippen LogP contribution < -0.4 is 0 Å². The van der Waals surface area contributed by atoms with Crippen LogP contribution in [0, 0.1) is 5.41 Å². The molecule has 1 amide bonds. The summed E-state index contributed by atoms with van der Waals surface area (Å²) in [6.07, 6.45) is 5.03. The van der Waals surface area contributed by atoms with Crippen molar-refractivity contribution in [3.63, 3.8) is 0 Å². The lowest BCUT2D eigenvalue weighted by Gasteiger charge is -2.34. The summed E-state index contributed by atoms with van der Waals surface area (Å²) in [5.74, 6) is -0.127. The zero-order valence-corrected chi connectivity index (χ0v) is 17.0. The number of ether oxygens (including phenoxy) is 1. The number of carbonyl (C=O) groups excluding carboxylic acids is 1. The van der Waals surface area contributed by atoms with Gasteiger partial charge in [-0.2, -0.15) is 0 Å². The summed E-state index contributed by atoms with van der Waals surface area (Å²) in [5.41, 5.74) is 4.16. The van der Waals surface area contributed by atoms with Gasteiger partial charge in [-0.05, 0) is 72.3 Å². The highest BCUT2D eigenvalue weighted by atomic mass is 16.5. The molecule has 5 rings (SSSR count). The minimum atomic E-state index is -0.903. The number of carboxylic acid groups (broad SMARTS) is 1. The van der Waals surface area contributed by atoms with Crippen LogP contribution in [0.25, 0.3) is 11.1 Å². The van der Waals surface area contributed by atoms with Crippen LogP contribution in [-0.4, -0.2) is 47.7 Å². The molecule has 3 fully saturated rings. The molecule has 1 N–H and O–H groups in total. The molecule has 0 bridgehead atoms. The van der Waals surface area contributed by atoms with E-state index in [0.717, 1.165) is 56.5 Å². The van der Waals surface area contributed by atoms with E-state index < -0.39 is 5.97 Å². The third-order valence-electron chi connectivity index (χ3n) is 7.24. The topological polar surface area (TPSA) is 66.8 Å². The van der Waals surface area contributed by atoms with Gasteiger partial charge in [0.15, 0.2) is 0 Å². The van der Waals surface area contributed by atoms with Crippen molar-refractivity contribution in [1.29, 1.82) is 0 Å². The molecule has 2 atom stereocenters. The van der Waals surface area contributed by atoms with Crippen molar-refractivity contribution in [1.82, 2.24) is 4.90 Å². The summed E-state index contributed by atoms with van der Waals surface area (Å²) in [6, 6.07) is 15.7. The summed E-state index contributed by atoms with van der Waals surface area (Å²) in [7, 11) is 0. The van der Waals surface area contributed by atoms with E-state index in [1.54, 1.807) is 12.1 Å². The van der Waals surface area contributed by atoms with Crippen LogP contribution in [0.5, 0.6) is 0 Å². The molecule has 0 radical (unpaired) electrons. The number of hydrogen-bond acceptors (Lipinski definition) is 3. The van der Waals surface area contributed by atoms with E-state index in [0.29, 0.717) is 16.9 Å². The Hall–Kier alpha value is -2.66. The molecule has 0 aromatic heterocycles. The van der Waals surface area contributed by atoms with Gasteiger partial charge in [0, 0.05) is 19.7 Å². The smallest absolute Gasteiger partial charge is 0.335 e. The van der Waals surface area contributed by atoms with Gasteiger partial charge in [-0.3, -0.25) is 4.79 Å². The van der Waals surface area contributed by atoms with Gasteiger partial charge >= 0.3 is 5.97 Å². The summed E-state index contributed by atoms with van der Waals surface area (Å²) >= 11 is 0. The second-order valence-corrected chi connectivity index (χ2v) is 8.95. The molecule has 2 aromatic carbocycles. The first-order valence-corrected chi connectivity index (χ1v) is 10.9. The first-order valence-electron chi connectivity index (χ1n) is 10.9. The lowest BCUT2D eigenvalue weighted by atomic mass is 9.88. The maximum atomic E-state index is 12.6. The summed E-state index contributed by atoms with van der Waals surface area (Å²) in [6.45, 7) is 2.42. The molecule has 1 saturated carbocycles. The molecule has 2 heterocycles. The highest BCUT2D eigenvalue weighted by molar-refractivity contribution is 5.88. The van der Waals surface area contributed by atoms with Gasteiger partial charge in [0.2, 0.25) is 0 Å². The predicted molar refractivity (Wildman–Crippen MR) is 113 cm³/mol. The van der Waals surface area contributed by atoms with Crippen LogP contribution in [0.15, 0.2) is 48.5 Å². The summed E-state index contributed by atoms with van der Waals surface area (Å²) in [4.78, 5) is 25.6. The zero-order chi connectivity index (χ0) is 20.7. The minimum absolute atomic E-state index is 0.192. The molecule has 2 aliphatic heterocycles. The van der Waals surface area contributed by atoms with Gasteiger partial charge in [-0.15, -0.1) is 0 Å². The van der Waals surface area contributed by atoms with Crippen molar-refractivity contribution in [2.75, 3.05) is 19.7 Å². The molecule has 2 saturated heterocycles. The van der Waals surface area contributed by atoms with E-state index in [2.05, 4.69) is 24.3 Å². The molecular weight excluding hydrogens is 378 g/mol. The number of likely N-dealkylation sites (tertiary alicyclic amines) is 1. The van der Waals surface area contributed by atoms with Crippen LogP contribution >= 0.6 is 0 Å². The third-order valence-corrected chi connectivity index (χ3v) is 7.24. The van der Waals surface area contributed by atoms with Crippen molar-refractivity contribution in [3.05, 3.63) is 59.7 Å². The lowest BCUT2D eigenvalue weighted by Crippen LogP contribution is -2.44. The average Bonchev–Trinajstić information content (AvgIpc) is 3.21. The van der Waals surface area contributed by atoms with Gasteiger partial charge in [-0.25, -0.2) is 4.79 Å². The number of carboxylic acids is 1. The van der Waals surface area contributed by atoms with Crippen molar-refractivity contribution in [3.8, 4) is 11.1 Å². The molecule has 2 aromatic rings. The van der Waals surface area contributed by atoms with Crippen LogP contribution in [0.4, 0.5) is 0 Å². The zero-order valence-electron chi connectivity index (χ0n) is 17.0. The Bertz CT molecular complexity index is 936. The Morgan fingerprint density at radius 3 is 2.17 bits per heavy atom. The molecule has 30 heavy (non-hydrogen) atoms. The highest BCUT2D eigenvalue weighted by Gasteiger charge is 2.55. The largest absolute Gasteiger partial charge is 0.478 e. The standard InChI is InChI=1S/C25H27NO4/c27-23(22-2-1-15-30-22)26-13-11-25(12-14-26)16-21(25)19-7-3-17(4-8-19)18-5-9-20(10-6-18)24(28)29/h3-10,21-22H,1-2,11-16H2,(H,28,29)/t21-,22-/m0/s1. The molecule has 1 aliphatic carbocycles. The minimum Gasteiger partial charge on any atom is -0.478 e. The van der Waals surface area contributed by atoms with Gasteiger partial charge in [-0.1, -0.05) is 36.4 Å². The number of aromatic carboxylic acids is 1. The molecular formula is C25H27NO4. The van der Waals surface area contributed by atoms with Crippen molar-refractivity contribution < 1.29 is 19.4 Å². The fraction of sp³-hybridized carbons (Fsp3) is 0.440. The van der Waals surface area contributed by atoms with E-state index in [1.165, 1.54) is 12.0 Å². The van der Waals surface area contributed by atoms with Crippen LogP contribution in [0.2, 0.25) is 0 Å². The Labute approximate surface area is 176 Å². The number of benzene rings is 2. The monoisotopic (exact) mass is 405 g/mol. The van der Waals surface area contributed by atoms with Crippen LogP contribution in [0.3, 0.4) is 0 Å². The summed E-state index contributed by atoms with van der Waals surface area (Å²) in [5, 5.41) is 9.05. The first kappa shape index (κ1) is 19.3. The first-order chi connectivity index (χ1) is 14.6. The average molecular weight is 405 g/mol. The summed E-state index contributed by atoms with van der Waals surface area (Å²) < 4.78 is 5.57. The van der Waals surface area contributed by atoms with Crippen molar-refractivity contribution >= 4 is 11.9 Å². The Morgan fingerprint density at radius 2 is 1.60 bits per heavy atom. The number of piperidine rings is 1.